The Morgan fingerprint density at radius 3 is 2.31 bits per heavy atom. The number of rotatable bonds is 5. The summed E-state index contributed by atoms with van der Waals surface area (Å²) in [4.78, 5) is 9.01. The number of benzene rings is 2. The zero-order valence-corrected chi connectivity index (χ0v) is 15.6. The van der Waals surface area contributed by atoms with E-state index in [0.29, 0.717) is 18.3 Å². The topological polar surface area (TPSA) is 65.1 Å². The normalized spacial score (nSPS) is 15.3. The number of phenols is 1. The Morgan fingerprint density at radius 1 is 1.00 bits per heavy atom. The van der Waals surface area contributed by atoms with Gasteiger partial charge in [-0.2, -0.15) is 0 Å². The lowest BCUT2D eigenvalue weighted by Gasteiger charge is -2.36. The number of aryl methyl sites for hydroxylation is 1. The van der Waals surface area contributed by atoms with Crippen LogP contribution < -0.4 is 10.6 Å². The van der Waals surface area contributed by atoms with E-state index in [1.165, 1.54) is 11.3 Å². The molecule has 0 atom stereocenters. The van der Waals surface area contributed by atoms with Crippen LogP contribution in [-0.2, 0) is 6.42 Å². The Hall–Kier alpha value is -2.40. The van der Waals surface area contributed by atoms with E-state index < -0.39 is 0 Å². The molecule has 3 rings (SSSR count). The molecule has 1 fully saturated rings. The summed E-state index contributed by atoms with van der Waals surface area (Å²) in [5.41, 5.74) is 8.55. The van der Waals surface area contributed by atoms with Crippen molar-refractivity contribution in [1.82, 2.24) is 4.90 Å². The second-order valence-electron chi connectivity index (χ2n) is 6.46. The van der Waals surface area contributed by atoms with Crippen LogP contribution in [0.4, 0.5) is 5.69 Å². The van der Waals surface area contributed by atoms with Gasteiger partial charge in [-0.25, -0.2) is 0 Å². The van der Waals surface area contributed by atoms with Crippen LogP contribution in [0.1, 0.15) is 12.0 Å². The molecule has 1 aliphatic rings. The van der Waals surface area contributed by atoms with Crippen LogP contribution in [0.25, 0.3) is 0 Å². The SMILES string of the molecule is NC(=NCCCc1ccc(O)cc1)N1CCN(c2ccc(Cl)cc2)CC1. The molecule has 5 nitrogen and oxygen atoms in total. The maximum Gasteiger partial charge on any atom is 0.191 e. The van der Waals surface area contributed by atoms with Gasteiger partial charge in [-0.05, 0) is 54.8 Å². The lowest BCUT2D eigenvalue weighted by molar-refractivity contribution is 0.380. The number of nitrogens with zero attached hydrogens (tertiary/aromatic N) is 3. The number of halogens is 1. The lowest BCUT2D eigenvalue weighted by atomic mass is 10.1. The summed E-state index contributed by atoms with van der Waals surface area (Å²) in [6.45, 7) is 4.30. The van der Waals surface area contributed by atoms with E-state index in [2.05, 4.69) is 26.9 Å². The van der Waals surface area contributed by atoms with Gasteiger partial charge in [-0.1, -0.05) is 23.7 Å². The summed E-state index contributed by atoms with van der Waals surface area (Å²) < 4.78 is 0. The average molecular weight is 373 g/mol. The number of aromatic hydroxyl groups is 1. The zero-order valence-electron chi connectivity index (χ0n) is 14.8. The summed E-state index contributed by atoms with van der Waals surface area (Å²) in [5.74, 6) is 0.931. The van der Waals surface area contributed by atoms with Crippen molar-refractivity contribution >= 4 is 23.2 Å². The molecule has 2 aromatic rings. The minimum atomic E-state index is 0.300. The van der Waals surface area contributed by atoms with E-state index in [1.807, 2.05) is 24.3 Å². The molecule has 0 unspecified atom stereocenters. The molecule has 0 radical (unpaired) electrons. The van der Waals surface area contributed by atoms with Gasteiger partial charge in [0.15, 0.2) is 5.96 Å². The Kier molecular flexibility index (Phi) is 6.23. The number of nitrogens with two attached hydrogens (primary N) is 1. The van der Waals surface area contributed by atoms with E-state index in [1.54, 1.807) is 12.1 Å². The highest BCUT2D eigenvalue weighted by molar-refractivity contribution is 6.30. The molecule has 0 saturated carbocycles. The van der Waals surface area contributed by atoms with Gasteiger partial charge in [0.2, 0.25) is 0 Å². The summed E-state index contributed by atoms with van der Waals surface area (Å²) in [5, 5.41) is 10.1. The second kappa shape index (κ2) is 8.81. The van der Waals surface area contributed by atoms with E-state index in [-0.39, 0.29) is 0 Å². The highest BCUT2D eigenvalue weighted by Gasteiger charge is 2.18. The van der Waals surface area contributed by atoms with Gasteiger partial charge in [0.25, 0.3) is 0 Å². The molecule has 1 aliphatic heterocycles. The van der Waals surface area contributed by atoms with E-state index in [4.69, 9.17) is 17.3 Å². The predicted octanol–water partition coefficient (Wildman–Crippen LogP) is 3.12. The third kappa shape index (κ3) is 5.05. The number of hydrogen-bond donors (Lipinski definition) is 2. The highest BCUT2D eigenvalue weighted by atomic mass is 35.5. The first-order valence-corrected chi connectivity index (χ1v) is 9.33. The summed E-state index contributed by atoms with van der Waals surface area (Å²) >= 11 is 5.95. The number of anilines is 1. The molecule has 1 heterocycles. The minimum absolute atomic E-state index is 0.300. The maximum absolute atomic E-state index is 9.30. The number of phenolic OH excluding ortho intramolecular Hbond substituents is 1. The van der Waals surface area contributed by atoms with Crippen LogP contribution in [-0.4, -0.2) is 48.7 Å². The van der Waals surface area contributed by atoms with Crippen LogP contribution in [0.3, 0.4) is 0 Å². The smallest absolute Gasteiger partial charge is 0.191 e. The third-order valence-electron chi connectivity index (χ3n) is 4.63. The minimum Gasteiger partial charge on any atom is -0.508 e. The second-order valence-corrected chi connectivity index (χ2v) is 6.90. The maximum atomic E-state index is 9.30. The Balaban J connectivity index is 1.42. The first kappa shape index (κ1) is 18.4. The number of aliphatic imine (C=N–C) groups is 1. The molecule has 0 amide bonds. The third-order valence-corrected chi connectivity index (χ3v) is 4.88. The van der Waals surface area contributed by atoms with Crippen molar-refractivity contribution in [3.8, 4) is 5.75 Å². The van der Waals surface area contributed by atoms with Gasteiger partial charge in [0.05, 0.1) is 0 Å². The molecule has 6 heteroatoms. The monoisotopic (exact) mass is 372 g/mol. The molecular formula is C20H25ClN4O. The Labute approximate surface area is 159 Å². The van der Waals surface area contributed by atoms with Gasteiger partial charge in [0, 0.05) is 43.4 Å². The first-order chi connectivity index (χ1) is 12.6. The van der Waals surface area contributed by atoms with E-state index in [0.717, 1.165) is 44.0 Å². The molecular weight excluding hydrogens is 348 g/mol. The zero-order chi connectivity index (χ0) is 18.4. The molecule has 0 aliphatic carbocycles. The Bertz CT molecular complexity index is 722. The van der Waals surface area contributed by atoms with E-state index in [9.17, 15) is 5.11 Å². The molecule has 3 N–H and O–H groups in total. The van der Waals surface area contributed by atoms with Crippen LogP contribution in [0.2, 0.25) is 5.02 Å². The van der Waals surface area contributed by atoms with Crippen LogP contribution in [0.5, 0.6) is 5.75 Å². The van der Waals surface area contributed by atoms with Gasteiger partial charge >= 0.3 is 0 Å². The molecule has 0 spiro atoms. The summed E-state index contributed by atoms with van der Waals surface area (Å²) in [7, 11) is 0. The largest absolute Gasteiger partial charge is 0.508 e. The number of guanidine groups is 1. The summed E-state index contributed by atoms with van der Waals surface area (Å²) in [6.07, 6.45) is 1.87. The molecule has 1 saturated heterocycles. The molecule has 0 aromatic heterocycles. The molecule has 26 heavy (non-hydrogen) atoms. The fourth-order valence-corrected chi connectivity index (χ4v) is 3.21. The lowest BCUT2D eigenvalue weighted by Crippen LogP contribution is -2.51. The molecule has 0 bridgehead atoms. The van der Waals surface area contributed by atoms with Gasteiger partial charge < -0.3 is 20.6 Å². The number of hydrogen-bond acceptors (Lipinski definition) is 3. The highest BCUT2D eigenvalue weighted by Crippen LogP contribution is 2.19. The quantitative estimate of drug-likeness (QED) is 0.481. The van der Waals surface area contributed by atoms with Crippen LogP contribution in [0.15, 0.2) is 53.5 Å². The van der Waals surface area contributed by atoms with Crippen molar-refractivity contribution in [3.05, 3.63) is 59.1 Å². The molecule has 138 valence electrons. The Morgan fingerprint density at radius 2 is 1.65 bits per heavy atom. The fraction of sp³-hybridized carbons (Fsp3) is 0.350. The van der Waals surface area contributed by atoms with Crippen LogP contribution >= 0.6 is 11.6 Å². The standard InChI is InChI=1S/C20H25ClN4O/c21-17-5-7-18(8-6-17)24-12-14-25(15-13-24)20(22)23-11-1-2-16-3-9-19(26)10-4-16/h3-10,26H,1-2,11-15H2,(H2,22,23). The van der Waals surface area contributed by atoms with Crippen molar-refractivity contribution in [3.63, 3.8) is 0 Å². The van der Waals surface area contributed by atoms with Crippen molar-refractivity contribution in [2.45, 2.75) is 12.8 Å². The van der Waals surface area contributed by atoms with Gasteiger partial charge in [-0.15, -0.1) is 0 Å². The van der Waals surface area contributed by atoms with Crippen LogP contribution in [0, 0.1) is 0 Å². The van der Waals surface area contributed by atoms with Crippen molar-refractivity contribution < 1.29 is 5.11 Å². The number of piperazine rings is 1. The van der Waals surface area contributed by atoms with Gasteiger partial charge in [0.1, 0.15) is 5.75 Å². The average Bonchev–Trinajstić information content (AvgIpc) is 2.67. The first-order valence-electron chi connectivity index (χ1n) is 8.95. The van der Waals surface area contributed by atoms with Gasteiger partial charge in [-0.3, -0.25) is 4.99 Å². The molecule has 2 aromatic carbocycles. The van der Waals surface area contributed by atoms with Crippen molar-refractivity contribution in [1.29, 1.82) is 0 Å². The van der Waals surface area contributed by atoms with E-state index >= 15 is 0 Å². The van der Waals surface area contributed by atoms with Crippen molar-refractivity contribution in [2.75, 3.05) is 37.6 Å². The fourth-order valence-electron chi connectivity index (χ4n) is 3.09. The summed E-state index contributed by atoms with van der Waals surface area (Å²) in [6, 6.07) is 15.3. The predicted molar refractivity (Wildman–Crippen MR) is 108 cm³/mol. The van der Waals surface area contributed by atoms with Crippen molar-refractivity contribution in [2.24, 2.45) is 10.7 Å².